The van der Waals surface area contributed by atoms with E-state index in [-0.39, 0.29) is 5.92 Å². The van der Waals surface area contributed by atoms with E-state index in [1.807, 2.05) is 72.8 Å². The summed E-state index contributed by atoms with van der Waals surface area (Å²) >= 11 is 0. The Bertz CT molecular complexity index is 2650. The molecule has 2 aliphatic rings. The molecule has 2 heteroatoms. The third-order valence-corrected chi connectivity index (χ3v) is 11.2. The predicted octanol–water partition coefficient (Wildman–Crippen LogP) is 18.6. The van der Waals surface area contributed by atoms with E-state index in [0.29, 0.717) is 0 Å². The zero-order chi connectivity index (χ0) is 45.7. The van der Waals surface area contributed by atoms with Gasteiger partial charge in [-0.3, -0.25) is 0 Å². The van der Waals surface area contributed by atoms with Gasteiger partial charge in [0.25, 0.3) is 0 Å². The Morgan fingerprint density at radius 1 is 0.562 bits per heavy atom. The molecule has 0 spiro atoms. The van der Waals surface area contributed by atoms with Crippen LogP contribution in [-0.2, 0) is 0 Å². The van der Waals surface area contributed by atoms with Gasteiger partial charge in [0.2, 0.25) is 0 Å². The van der Waals surface area contributed by atoms with E-state index in [4.69, 9.17) is 0 Å². The molecule has 0 N–H and O–H groups in total. The fourth-order valence-corrected chi connectivity index (χ4v) is 8.39. The number of hydrogen-bond donors (Lipinski definition) is 0. The first-order chi connectivity index (χ1) is 31.6. The number of allylic oxidation sites excluding steroid dienone is 10. The lowest BCUT2D eigenvalue weighted by Gasteiger charge is -2.27. The highest BCUT2D eigenvalue weighted by Gasteiger charge is 2.28. The number of fused-ring (bicyclic) bond motifs is 3. The largest absolute Gasteiger partial charge is 0.312 e. The molecule has 7 aromatic rings. The van der Waals surface area contributed by atoms with Gasteiger partial charge in [-0.05, 0) is 121 Å². The third kappa shape index (κ3) is 11.4. The Balaban J connectivity index is 0.000000532. The van der Waals surface area contributed by atoms with Gasteiger partial charge in [0, 0.05) is 45.3 Å². The zero-order valence-corrected chi connectivity index (χ0v) is 39.5. The van der Waals surface area contributed by atoms with E-state index in [9.17, 15) is 0 Å². The molecule has 9 rings (SSSR count). The monoisotopic (exact) mass is 841 g/mol. The van der Waals surface area contributed by atoms with E-state index in [1.165, 1.54) is 61.2 Å². The summed E-state index contributed by atoms with van der Waals surface area (Å²) in [5, 5.41) is 1.30. The minimum absolute atomic E-state index is 0.289. The van der Waals surface area contributed by atoms with Crippen LogP contribution in [0.2, 0.25) is 0 Å². The maximum atomic E-state index is 3.51. The highest BCUT2D eigenvalue weighted by molar-refractivity contribution is 5.94. The molecule has 2 nitrogen and oxygen atoms in total. The minimum Gasteiger partial charge on any atom is -0.312 e. The van der Waals surface area contributed by atoms with Crippen molar-refractivity contribution in [2.75, 3.05) is 4.90 Å². The van der Waals surface area contributed by atoms with E-state index >= 15 is 0 Å². The number of anilines is 3. The lowest BCUT2D eigenvalue weighted by molar-refractivity contribution is 0.759. The Morgan fingerprint density at radius 3 is 1.69 bits per heavy atom. The van der Waals surface area contributed by atoms with Gasteiger partial charge in [0.15, 0.2) is 0 Å². The maximum Gasteiger partial charge on any atom is 0.0537 e. The molecular weight excluding hydrogens is 773 g/mol. The molecule has 2 aliphatic carbocycles. The van der Waals surface area contributed by atoms with Crippen LogP contribution in [0.25, 0.3) is 33.8 Å². The number of aryl methyl sites for hydroxylation is 1. The van der Waals surface area contributed by atoms with Crippen molar-refractivity contribution in [3.63, 3.8) is 0 Å². The van der Waals surface area contributed by atoms with E-state index in [1.54, 1.807) is 6.08 Å². The van der Waals surface area contributed by atoms with Crippen LogP contribution in [0.4, 0.5) is 17.1 Å². The summed E-state index contributed by atoms with van der Waals surface area (Å²) < 4.78 is 2.51. The van der Waals surface area contributed by atoms with Crippen LogP contribution < -0.4 is 4.90 Å². The molecule has 0 saturated heterocycles. The van der Waals surface area contributed by atoms with Crippen molar-refractivity contribution in [1.29, 1.82) is 0 Å². The number of para-hydroxylation sites is 2. The standard InChI is InChI=1S/C49H40N2.C7H10.3C2H6/c1-35-13-8-9-18-44(35)46-20-12-21-47-45-19-10-11-22-48(45)51(49(46)47)43-33-31-42(32-34-43)50(40-16-6-3-7-17-40)41-29-27-39(28-30-41)38-25-23-37(24-26-38)36-14-4-2-5-15-36;1-3-5-7-6-4-2;3*1-2/h2-19,21-23,25,27-34,46H,20,24,26H2,1H3;3-7H,1H2,2H3;3*1-2H3/b;6-4-,7-5-;;;. The molecule has 0 bridgehead atoms. The molecule has 0 aliphatic heterocycles. The molecule has 1 heterocycles. The summed E-state index contributed by atoms with van der Waals surface area (Å²) in [4.78, 5) is 2.36. The van der Waals surface area contributed by atoms with Gasteiger partial charge in [-0.25, -0.2) is 0 Å². The molecular formula is C62H68N2. The summed E-state index contributed by atoms with van der Waals surface area (Å²) in [5.41, 5.74) is 16.7. The van der Waals surface area contributed by atoms with E-state index in [2.05, 4.69) is 205 Å². The second-order valence-corrected chi connectivity index (χ2v) is 14.8. The van der Waals surface area contributed by atoms with E-state index in [0.717, 1.165) is 36.3 Å². The van der Waals surface area contributed by atoms with Gasteiger partial charge < -0.3 is 9.47 Å². The first-order valence-electron chi connectivity index (χ1n) is 23.4. The van der Waals surface area contributed by atoms with Crippen molar-refractivity contribution >= 4 is 45.2 Å². The van der Waals surface area contributed by atoms with Gasteiger partial charge in [0.1, 0.15) is 0 Å². The summed E-state index contributed by atoms with van der Waals surface area (Å²) in [7, 11) is 0. The van der Waals surface area contributed by atoms with Crippen molar-refractivity contribution in [1.82, 2.24) is 4.57 Å². The normalized spacial score (nSPS) is 13.7. The van der Waals surface area contributed by atoms with Crippen LogP contribution in [0.1, 0.15) is 107 Å². The second kappa shape index (κ2) is 25.3. The summed E-state index contributed by atoms with van der Waals surface area (Å²) in [6, 6.07) is 57.4. The molecule has 0 saturated carbocycles. The minimum atomic E-state index is 0.289. The molecule has 326 valence electrons. The second-order valence-electron chi connectivity index (χ2n) is 14.8. The predicted molar refractivity (Wildman–Crippen MR) is 284 cm³/mol. The van der Waals surface area contributed by atoms with Gasteiger partial charge in [0.05, 0.1) is 5.52 Å². The van der Waals surface area contributed by atoms with Crippen molar-refractivity contribution in [3.8, 4) is 5.69 Å². The number of hydrogen-bond acceptors (Lipinski definition) is 1. The van der Waals surface area contributed by atoms with Crippen molar-refractivity contribution in [2.24, 2.45) is 0 Å². The van der Waals surface area contributed by atoms with Crippen LogP contribution in [0.3, 0.4) is 0 Å². The fourth-order valence-electron chi connectivity index (χ4n) is 8.39. The highest BCUT2D eigenvalue weighted by Crippen LogP contribution is 2.44. The van der Waals surface area contributed by atoms with Crippen LogP contribution in [0.15, 0.2) is 213 Å². The molecule has 1 aromatic heterocycles. The lowest BCUT2D eigenvalue weighted by Crippen LogP contribution is -2.13. The summed E-state index contributed by atoms with van der Waals surface area (Å²) in [5.74, 6) is 0.289. The Kier molecular flexibility index (Phi) is 19.0. The van der Waals surface area contributed by atoms with Gasteiger partial charge in [-0.15, -0.1) is 0 Å². The van der Waals surface area contributed by atoms with Crippen molar-refractivity contribution < 1.29 is 0 Å². The van der Waals surface area contributed by atoms with Gasteiger partial charge in [-0.2, -0.15) is 0 Å². The zero-order valence-electron chi connectivity index (χ0n) is 39.5. The first-order valence-corrected chi connectivity index (χ1v) is 23.4. The molecule has 64 heavy (non-hydrogen) atoms. The quantitative estimate of drug-likeness (QED) is 0.131. The summed E-state index contributed by atoms with van der Waals surface area (Å²) in [6.07, 6.45) is 21.9. The van der Waals surface area contributed by atoms with Crippen LogP contribution >= 0.6 is 0 Å². The molecule has 0 radical (unpaired) electrons. The SMILES string of the molecule is C=C/C=C\C=C/C.CC.CC.CC.Cc1ccccc1C1CC=Cc2c1n(-c1ccc(N(c3ccccc3)c3ccc(C4=CC=C(c5ccccc5)CC4)cc3)cc1)c1ccccc21. The smallest absolute Gasteiger partial charge is 0.0537 e. The van der Waals surface area contributed by atoms with Crippen molar-refractivity contribution in [3.05, 3.63) is 246 Å². The molecule has 0 amide bonds. The topological polar surface area (TPSA) is 8.17 Å². The summed E-state index contributed by atoms with van der Waals surface area (Å²) in [6.45, 7) is 19.7. The third-order valence-electron chi connectivity index (χ3n) is 11.2. The van der Waals surface area contributed by atoms with Crippen LogP contribution in [-0.4, -0.2) is 4.57 Å². The number of aromatic nitrogens is 1. The maximum absolute atomic E-state index is 3.51. The molecule has 1 atom stereocenters. The van der Waals surface area contributed by atoms with Crippen LogP contribution in [0.5, 0.6) is 0 Å². The van der Waals surface area contributed by atoms with Crippen LogP contribution in [0, 0.1) is 6.92 Å². The Labute approximate surface area is 385 Å². The fraction of sp³-hybridized carbons (Fsp3) is 0.194. The molecule has 1 unspecified atom stereocenters. The average Bonchev–Trinajstić information content (AvgIpc) is 3.72. The molecule has 6 aromatic carbocycles. The Morgan fingerprint density at radius 2 is 1.09 bits per heavy atom. The lowest BCUT2D eigenvalue weighted by atomic mass is 9.84. The van der Waals surface area contributed by atoms with Crippen molar-refractivity contribution in [2.45, 2.75) is 80.6 Å². The first kappa shape index (κ1) is 48.1. The van der Waals surface area contributed by atoms with Gasteiger partial charge >= 0.3 is 0 Å². The number of nitrogens with zero attached hydrogens (tertiary/aromatic N) is 2. The average molecular weight is 841 g/mol. The number of rotatable bonds is 9. The number of benzene rings is 6. The van der Waals surface area contributed by atoms with Gasteiger partial charge in [-0.1, -0.05) is 206 Å². The van der Waals surface area contributed by atoms with E-state index < -0.39 is 0 Å². The highest BCUT2D eigenvalue weighted by atomic mass is 15.1. The Hall–Kier alpha value is -6.90. The molecule has 0 fully saturated rings.